The van der Waals surface area contributed by atoms with E-state index in [0.717, 1.165) is 10.0 Å². The molecule has 0 saturated heterocycles. The van der Waals surface area contributed by atoms with Crippen LogP contribution in [-0.2, 0) is 0 Å². The van der Waals surface area contributed by atoms with Gasteiger partial charge in [-0.15, -0.1) is 0 Å². The maximum atomic E-state index is 13.3. The lowest BCUT2D eigenvalue weighted by molar-refractivity contribution is 0.473. The van der Waals surface area contributed by atoms with Gasteiger partial charge in [-0.05, 0) is 52.7 Å². The van der Waals surface area contributed by atoms with E-state index in [1.54, 1.807) is 6.07 Å². The molecule has 2 rings (SSSR count). The van der Waals surface area contributed by atoms with Gasteiger partial charge in [0.15, 0.2) is 0 Å². The molecule has 2 aromatic rings. The highest BCUT2D eigenvalue weighted by Crippen LogP contribution is 2.33. The van der Waals surface area contributed by atoms with Crippen molar-refractivity contribution in [1.82, 2.24) is 0 Å². The monoisotopic (exact) mass is 387 g/mol. The average Bonchev–Trinajstić information content (AvgIpc) is 2.30. The van der Waals surface area contributed by atoms with Crippen molar-refractivity contribution < 1.29 is 9.13 Å². The fourth-order valence-corrected chi connectivity index (χ4v) is 2.52. The molecule has 2 aromatic carbocycles. The molecule has 0 heterocycles. The van der Waals surface area contributed by atoms with Gasteiger partial charge in [0.05, 0.1) is 4.47 Å². The van der Waals surface area contributed by atoms with Crippen molar-refractivity contribution in [2.24, 2.45) is 5.73 Å². The Morgan fingerprint density at radius 2 is 1.89 bits per heavy atom. The van der Waals surface area contributed by atoms with Gasteiger partial charge in [-0.3, -0.25) is 0 Å². The molecule has 1 atom stereocenters. The third kappa shape index (κ3) is 3.78. The van der Waals surface area contributed by atoms with E-state index in [1.165, 1.54) is 12.1 Å². The molecule has 0 radical (unpaired) electrons. The van der Waals surface area contributed by atoms with Gasteiger partial charge < -0.3 is 10.5 Å². The van der Waals surface area contributed by atoms with Crippen LogP contribution in [0.2, 0.25) is 0 Å². The summed E-state index contributed by atoms with van der Waals surface area (Å²) in [6.07, 6.45) is 0. The third-order valence-corrected chi connectivity index (χ3v) is 3.62. The van der Waals surface area contributed by atoms with Crippen molar-refractivity contribution in [1.29, 1.82) is 0 Å². The van der Waals surface area contributed by atoms with Gasteiger partial charge in [0, 0.05) is 16.6 Å². The summed E-state index contributed by atoms with van der Waals surface area (Å²) in [5.41, 5.74) is 6.81. The number of hydrogen-bond acceptors (Lipinski definition) is 2. The summed E-state index contributed by atoms with van der Waals surface area (Å²) in [4.78, 5) is 0. The summed E-state index contributed by atoms with van der Waals surface area (Å²) in [7, 11) is 0. The number of ether oxygens (including phenoxy) is 1. The molecule has 0 saturated carbocycles. The lowest BCUT2D eigenvalue weighted by Gasteiger charge is -2.11. The molecule has 19 heavy (non-hydrogen) atoms. The zero-order valence-corrected chi connectivity index (χ0v) is 13.3. The Kier molecular flexibility index (Phi) is 4.60. The molecular formula is C14H12Br2FNO. The summed E-state index contributed by atoms with van der Waals surface area (Å²) in [6.45, 7) is 1.91. The van der Waals surface area contributed by atoms with Crippen LogP contribution in [0.1, 0.15) is 18.5 Å². The van der Waals surface area contributed by atoms with E-state index < -0.39 is 0 Å². The van der Waals surface area contributed by atoms with E-state index in [0.29, 0.717) is 16.0 Å². The van der Waals surface area contributed by atoms with Crippen molar-refractivity contribution in [3.05, 3.63) is 56.7 Å². The van der Waals surface area contributed by atoms with Crippen LogP contribution in [0.5, 0.6) is 11.5 Å². The second kappa shape index (κ2) is 6.03. The first kappa shape index (κ1) is 14.5. The van der Waals surface area contributed by atoms with Crippen molar-refractivity contribution in [3.63, 3.8) is 0 Å². The molecule has 0 unspecified atom stereocenters. The first-order valence-electron chi connectivity index (χ1n) is 5.64. The fraction of sp³-hybridized carbons (Fsp3) is 0.143. The Morgan fingerprint density at radius 1 is 1.16 bits per heavy atom. The highest BCUT2D eigenvalue weighted by Gasteiger charge is 2.08. The van der Waals surface area contributed by atoms with Crippen molar-refractivity contribution in [3.8, 4) is 11.5 Å². The predicted molar refractivity (Wildman–Crippen MR) is 80.9 cm³/mol. The minimum atomic E-state index is -0.354. The van der Waals surface area contributed by atoms with E-state index >= 15 is 0 Å². The van der Waals surface area contributed by atoms with Gasteiger partial charge in [-0.2, -0.15) is 0 Å². The van der Waals surface area contributed by atoms with Crippen LogP contribution in [0.4, 0.5) is 4.39 Å². The summed E-state index contributed by atoms with van der Waals surface area (Å²) >= 11 is 6.65. The van der Waals surface area contributed by atoms with E-state index in [1.807, 2.05) is 25.1 Å². The zero-order chi connectivity index (χ0) is 14.0. The Morgan fingerprint density at radius 3 is 2.47 bits per heavy atom. The van der Waals surface area contributed by atoms with Crippen LogP contribution in [0.15, 0.2) is 45.3 Å². The third-order valence-electron chi connectivity index (χ3n) is 2.55. The molecule has 2 N–H and O–H groups in total. The molecule has 0 aliphatic carbocycles. The van der Waals surface area contributed by atoms with Crippen LogP contribution in [0.3, 0.4) is 0 Å². The van der Waals surface area contributed by atoms with Gasteiger partial charge in [0.2, 0.25) is 0 Å². The van der Waals surface area contributed by atoms with Crippen LogP contribution < -0.4 is 10.5 Å². The lowest BCUT2D eigenvalue weighted by atomic mass is 10.1. The molecule has 0 aliphatic heterocycles. The molecule has 0 aliphatic rings. The summed E-state index contributed by atoms with van der Waals surface area (Å²) in [6, 6.07) is 9.95. The second-order valence-corrected chi connectivity index (χ2v) is 5.96. The molecular weight excluding hydrogens is 377 g/mol. The Labute approximate surface area is 128 Å². The van der Waals surface area contributed by atoms with Crippen LogP contribution >= 0.6 is 31.9 Å². The van der Waals surface area contributed by atoms with E-state index in [4.69, 9.17) is 10.5 Å². The minimum absolute atomic E-state index is 0.0475. The maximum Gasteiger partial charge on any atom is 0.141 e. The zero-order valence-electron chi connectivity index (χ0n) is 10.2. The van der Waals surface area contributed by atoms with Gasteiger partial charge >= 0.3 is 0 Å². The van der Waals surface area contributed by atoms with Crippen LogP contribution in [0.25, 0.3) is 0 Å². The first-order chi connectivity index (χ1) is 8.95. The molecule has 2 nitrogen and oxygen atoms in total. The Balaban J connectivity index is 2.28. The quantitative estimate of drug-likeness (QED) is 0.787. The van der Waals surface area contributed by atoms with Crippen LogP contribution in [-0.4, -0.2) is 0 Å². The summed E-state index contributed by atoms with van der Waals surface area (Å²) in [5, 5.41) is 0. The minimum Gasteiger partial charge on any atom is -0.456 e. The van der Waals surface area contributed by atoms with Crippen molar-refractivity contribution in [2.75, 3.05) is 0 Å². The first-order valence-corrected chi connectivity index (χ1v) is 7.23. The lowest BCUT2D eigenvalue weighted by Crippen LogP contribution is -2.04. The Bertz CT molecular complexity index is 582. The fourth-order valence-electron chi connectivity index (χ4n) is 1.60. The Hall–Kier alpha value is -0.910. The number of rotatable bonds is 3. The SMILES string of the molecule is C[C@H](N)c1ccc(Oc2cc(F)cc(Br)c2)c(Br)c1. The second-order valence-electron chi connectivity index (χ2n) is 4.19. The number of nitrogens with two attached hydrogens (primary N) is 1. The predicted octanol–water partition coefficient (Wildman–Crippen LogP) is 5.16. The molecule has 0 amide bonds. The molecule has 5 heteroatoms. The summed E-state index contributed by atoms with van der Waals surface area (Å²) in [5.74, 6) is 0.690. The highest BCUT2D eigenvalue weighted by atomic mass is 79.9. The van der Waals surface area contributed by atoms with E-state index in [-0.39, 0.29) is 11.9 Å². The molecule has 100 valence electrons. The van der Waals surface area contributed by atoms with Crippen LogP contribution in [0, 0.1) is 5.82 Å². The van der Waals surface area contributed by atoms with Crippen molar-refractivity contribution in [2.45, 2.75) is 13.0 Å². The number of benzene rings is 2. The normalized spacial score (nSPS) is 12.3. The highest BCUT2D eigenvalue weighted by molar-refractivity contribution is 9.10. The average molecular weight is 389 g/mol. The summed E-state index contributed by atoms with van der Waals surface area (Å²) < 4.78 is 20.3. The van der Waals surface area contributed by atoms with Gasteiger partial charge in [-0.1, -0.05) is 22.0 Å². The van der Waals surface area contributed by atoms with E-state index in [2.05, 4.69) is 31.9 Å². The standard InChI is InChI=1S/C14H12Br2FNO/c1-8(18)9-2-3-14(13(16)4-9)19-12-6-10(15)5-11(17)7-12/h2-8H,18H2,1H3/t8-/m0/s1. The number of hydrogen-bond donors (Lipinski definition) is 1. The maximum absolute atomic E-state index is 13.3. The smallest absolute Gasteiger partial charge is 0.141 e. The molecule has 0 spiro atoms. The largest absolute Gasteiger partial charge is 0.456 e. The van der Waals surface area contributed by atoms with Gasteiger partial charge in [0.25, 0.3) is 0 Å². The molecule has 0 fully saturated rings. The van der Waals surface area contributed by atoms with E-state index in [9.17, 15) is 4.39 Å². The molecule has 0 bridgehead atoms. The number of halogens is 3. The van der Waals surface area contributed by atoms with Crippen molar-refractivity contribution >= 4 is 31.9 Å². The topological polar surface area (TPSA) is 35.2 Å². The van der Waals surface area contributed by atoms with Gasteiger partial charge in [-0.25, -0.2) is 4.39 Å². The van der Waals surface area contributed by atoms with Gasteiger partial charge in [0.1, 0.15) is 17.3 Å². The molecule has 0 aromatic heterocycles.